The van der Waals surface area contributed by atoms with E-state index in [9.17, 15) is 0 Å². The lowest BCUT2D eigenvalue weighted by atomic mass is 9.74. The Morgan fingerprint density at radius 3 is 1.77 bits per heavy atom. The Balaban J connectivity index is 2.60. The number of nitrogens with two attached hydrogens (primary N) is 1. The van der Waals surface area contributed by atoms with Gasteiger partial charge in [0, 0.05) is 5.54 Å². The van der Waals surface area contributed by atoms with Gasteiger partial charge in [-0.3, -0.25) is 0 Å². The zero-order chi connectivity index (χ0) is 9.90. The molecule has 0 aromatic heterocycles. The molecule has 1 unspecified atom stereocenters. The molecule has 2 N–H and O–H groups in total. The lowest BCUT2D eigenvalue weighted by molar-refractivity contribution is 0.201. The lowest BCUT2D eigenvalue weighted by Gasteiger charge is -2.37. The van der Waals surface area contributed by atoms with Crippen LogP contribution in [0, 0.1) is 11.8 Å². The van der Waals surface area contributed by atoms with Crippen molar-refractivity contribution < 1.29 is 0 Å². The number of rotatable bonds is 2. The summed E-state index contributed by atoms with van der Waals surface area (Å²) in [6, 6.07) is 0. The average Bonchev–Trinajstić information content (AvgIpc) is 2.29. The van der Waals surface area contributed by atoms with Gasteiger partial charge in [-0.2, -0.15) is 0 Å². The highest BCUT2D eigenvalue weighted by atomic mass is 14.8. The van der Waals surface area contributed by atoms with Crippen LogP contribution >= 0.6 is 0 Å². The van der Waals surface area contributed by atoms with Crippen LogP contribution in [-0.4, -0.2) is 5.54 Å². The van der Waals surface area contributed by atoms with Gasteiger partial charge in [0.2, 0.25) is 0 Å². The quantitative estimate of drug-likeness (QED) is 0.653. The van der Waals surface area contributed by atoms with Crippen LogP contribution in [0.2, 0.25) is 0 Å². The van der Waals surface area contributed by atoms with Gasteiger partial charge in [-0.15, -0.1) is 0 Å². The Hall–Kier alpha value is -0.0400. The maximum Gasteiger partial charge on any atom is 0.0182 e. The van der Waals surface area contributed by atoms with Crippen LogP contribution in [0.1, 0.15) is 59.3 Å². The summed E-state index contributed by atoms with van der Waals surface area (Å²) < 4.78 is 0. The van der Waals surface area contributed by atoms with Crippen molar-refractivity contribution in [2.45, 2.75) is 64.8 Å². The molecule has 0 bridgehead atoms. The second kappa shape index (κ2) is 4.45. The highest BCUT2D eigenvalue weighted by molar-refractivity contribution is 4.91. The van der Waals surface area contributed by atoms with Crippen molar-refractivity contribution in [1.82, 2.24) is 0 Å². The first-order valence-corrected chi connectivity index (χ1v) is 5.85. The molecule has 13 heavy (non-hydrogen) atoms. The van der Waals surface area contributed by atoms with Crippen LogP contribution in [0.4, 0.5) is 0 Å². The van der Waals surface area contributed by atoms with E-state index in [4.69, 9.17) is 5.73 Å². The molecule has 0 aliphatic heterocycles. The molecule has 1 saturated carbocycles. The minimum Gasteiger partial charge on any atom is -0.325 e. The minimum absolute atomic E-state index is 0.144. The molecule has 1 nitrogen and oxygen atoms in total. The molecule has 0 aromatic carbocycles. The first-order chi connectivity index (χ1) is 6.06. The summed E-state index contributed by atoms with van der Waals surface area (Å²) in [6.45, 7) is 6.92. The fourth-order valence-corrected chi connectivity index (χ4v) is 2.51. The second-order valence-electron chi connectivity index (χ2n) is 5.18. The fourth-order valence-electron chi connectivity index (χ4n) is 2.51. The van der Waals surface area contributed by atoms with Crippen molar-refractivity contribution in [1.29, 1.82) is 0 Å². The molecule has 0 saturated heterocycles. The molecule has 0 radical (unpaired) electrons. The maximum atomic E-state index is 6.50. The van der Waals surface area contributed by atoms with Gasteiger partial charge in [0.15, 0.2) is 0 Å². The number of hydrogen-bond acceptors (Lipinski definition) is 1. The number of hydrogen-bond donors (Lipinski definition) is 1. The average molecular weight is 183 g/mol. The molecule has 1 atom stereocenters. The third-order valence-electron chi connectivity index (χ3n) is 3.94. The van der Waals surface area contributed by atoms with E-state index in [1.54, 1.807) is 0 Å². The normalized spacial score (nSPS) is 25.6. The Kier molecular flexibility index (Phi) is 3.78. The molecular formula is C12H25N. The second-order valence-corrected chi connectivity index (χ2v) is 5.18. The van der Waals surface area contributed by atoms with E-state index in [-0.39, 0.29) is 5.54 Å². The zero-order valence-electron chi connectivity index (χ0n) is 9.47. The summed E-state index contributed by atoms with van der Waals surface area (Å²) in [5, 5.41) is 0. The molecule has 78 valence electrons. The summed E-state index contributed by atoms with van der Waals surface area (Å²) in [4.78, 5) is 0. The third kappa shape index (κ3) is 2.70. The van der Waals surface area contributed by atoms with Gasteiger partial charge in [0.1, 0.15) is 0 Å². The summed E-state index contributed by atoms with van der Waals surface area (Å²) in [5.74, 6) is 1.40. The van der Waals surface area contributed by atoms with Crippen molar-refractivity contribution in [3.05, 3.63) is 0 Å². The Morgan fingerprint density at radius 2 is 1.38 bits per heavy atom. The predicted octanol–water partition coefficient (Wildman–Crippen LogP) is 3.33. The first kappa shape index (κ1) is 11.0. The van der Waals surface area contributed by atoms with Crippen LogP contribution in [-0.2, 0) is 0 Å². The minimum atomic E-state index is 0.144. The largest absolute Gasteiger partial charge is 0.325 e. The van der Waals surface area contributed by atoms with Crippen molar-refractivity contribution in [2.75, 3.05) is 0 Å². The van der Waals surface area contributed by atoms with E-state index in [0.717, 1.165) is 5.92 Å². The first-order valence-electron chi connectivity index (χ1n) is 5.85. The molecule has 1 heteroatoms. The van der Waals surface area contributed by atoms with Gasteiger partial charge in [0.25, 0.3) is 0 Å². The predicted molar refractivity (Wildman–Crippen MR) is 58.6 cm³/mol. The van der Waals surface area contributed by atoms with E-state index in [0.29, 0.717) is 5.92 Å². The van der Waals surface area contributed by atoms with Crippen molar-refractivity contribution >= 4 is 0 Å². The van der Waals surface area contributed by atoms with Gasteiger partial charge in [0.05, 0.1) is 0 Å². The Labute approximate surface area is 83.1 Å². The molecule has 1 rings (SSSR count). The van der Waals surface area contributed by atoms with Gasteiger partial charge >= 0.3 is 0 Å². The smallest absolute Gasteiger partial charge is 0.0182 e. The standard InChI is InChI=1S/C12H25N/c1-10(2)11(3)12(13)8-6-4-5-7-9-12/h10-11H,4-9,13H2,1-3H3. The summed E-state index contributed by atoms with van der Waals surface area (Å²) >= 11 is 0. The van der Waals surface area contributed by atoms with Gasteiger partial charge < -0.3 is 5.73 Å². The molecule has 0 spiro atoms. The van der Waals surface area contributed by atoms with Crippen LogP contribution in [0.3, 0.4) is 0 Å². The van der Waals surface area contributed by atoms with E-state index < -0.39 is 0 Å². The third-order valence-corrected chi connectivity index (χ3v) is 3.94. The van der Waals surface area contributed by atoms with Gasteiger partial charge in [-0.25, -0.2) is 0 Å². The highest BCUT2D eigenvalue weighted by Gasteiger charge is 2.33. The maximum absolute atomic E-state index is 6.50. The molecule has 0 heterocycles. The fraction of sp³-hybridized carbons (Fsp3) is 1.00. The lowest BCUT2D eigenvalue weighted by Crippen LogP contribution is -2.47. The van der Waals surface area contributed by atoms with Crippen LogP contribution in [0.15, 0.2) is 0 Å². The molecule has 1 aliphatic carbocycles. The van der Waals surface area contributed by atoms with Crippen LogP contribution in [0.25, 0.3) is 0 Å². The van der Waals surface area contributed by atoms with E-state index in [1.165, 1.54) is 38.5 Å². The molecule has 0 aromatic rings. The monoisotopic (exact) mass is 183 g/mol. The van der Waals surface area contributed by atoms with E-state index in [2.05, 4.69) is 20.8 Å². The van der Waals surface area contributed by atoms with E-state index >= 15 is 0 Å². The highest BCUT2D eigenvalue weighted by Crippen LogP contribution is 2.34. The Bertz CT molecular complexity index is 143. The van der Waals surface area contributed by atoms with Crippen LogP contribution in [0.5, 0.6) is 0 Å². The zero-order valence-corrected chi connectivity index (χ0v) is 9.47. The van der Waals surface area contributed by atoms with E-state index in [1.807, 2.05) is 0 Å². The Morgan fingerprint density at radius 1 is 0.923 bits per heavy atom. The molecule has 0 amide bonds. The summed E-state index contributed by atoms with van der Waals surface area (Å²) in [5.41, 5.74) is 6.65. The SMILES string of the molecule is CC(C)C(C)C1(N)CCCCCC1. The summed E-state index contributed by atoms with van der Waals surface area (Å²) in [7, 11) is 0. The molecule has 1 aliphatic rings. The van der Waals surface area contributed by atoms with Gasteiger partial charge in [-0.1, -0.05) is 46.5 Å². The van der Waals surface area contributed by atoms with Crippen molar-refractivity contribution in [3.63, 3.8) is 0 Å². The molecular weight excluding hydrogens is 158 g/mol. The van der Waals surface area contributed by atoms with Crippen molar-refractivity contribution in [3.8, 4) is 0 Å². The van der Waals surface area contributed by atoms with Crippen molar-refractivity contribution in [2.24, 2.45) is 17.6 Å². The summed E-state index contributed by atoms with van der Waals surface area (Å²) in [6.07, 6.45) is 7.95. The van der Waals surface area contributed by atoms with Crippen LogP contribution < -0.4 is 5.73 Å². The topological polar surface area (TPSA) is 26.0 Å². The molecule has 1 fully saturated rings. The van der Waals surface area contributed by atoms with Gasteiger partial charge in [-0.05, 0) is 24.7 Å².